The predicted molar refractivity (Wildman–Crippen MR) is 79.9 cm³/mol. The minimum absolute atomic E-state index is 0.0325. The fourth-order valence-corrected chi connectivity index (χ4v) is 4.64. The van der Waals surface area contributed by atoms with Crippen molar-refractivity contribution in [3.8, 4) is 0 Å². The zero-order chi connectivity index (χ0) is 15.6. The molecule has 7 heteroatoms. The van der Waals surface area contributed by atoms with Gasteiger partial charge in [0.1, 0.15) is 0 Å². The first-order chi connectivity index (χ1) is 9.42. The zero-order valence-electron chi connectivity index (χ0n) is 13.3. The van der Waals surface area contributed by atoms with Crippen molar-refractivity contribution in [1.29, 1.82) is 0 Å². The summed E-state index contributed by atoms with van der Waals surface area (Å²) in [6.45, 7) is 11.6. The minimum atomic E-state index is -2.65. The highest BCUT2D eigenvalue weighted by molar-refractivity contribution is 6.60. The third-order valence-electron chi connectivity index (χ3n) is 2.84. The van der Waals surface area contributed by atoms with Gasteiger partial charge in [-0.05, 0) is 41.0 Å². The van der Waals surface area contributed by atoms with Crippen molar-refractivity contribution in [2.75, 3.05) is 26.4 Å². The SMILES string of the molecule is CCO[Si](CCCN(C(=O)O)C(C)C)(OCC)OCC. The fourth-order valence-electron chi connectivity index (χ4n) is 2.04. The van der Waals surface area contributed by atoms with Crippen LogP contribution >= 0.6 is 0 Å². The van der Waals surface area contributed by atoms with Crippen LogP contribution in [0, 0.1) is 0 Å². The maximum atomic E-state index is 11.1. The van der Waals surface area contributed by atoms with Crippen molar-refractivity contribution >= 4 is 14.9 Å². The molecule has 0 spiro atoms. The van der Waals surface area contributed by atoms with E-state index in [-0.39, 0.29) is 6.04 Å². The summed E-state index contributed by atoms with van der Waals surface area (Å²) < 4.78 is 17.2. The Morgan fingerprint density at radius 1 is 1.10 bits per heavy atom. The molecule has 0 bridgehead atoms. The molecule has 0 aliphatic rings. The van der Waals surface area contributed by atoms with Crippen LogP contribution in [0.3, 0.4) is 0 Å². The summed E-state index contributed by atoms with van der Waals surface area (Å²) in [5, 5.41) is 9.13. The Morgan fingerprint density at radius 2 is 1.55 bits per heavy atom. The third kappa shape index (κ3) is 6.69. The van der Waals surface area contributed by atoms with Crippen LogP contribution in [0.1, 0.15) is 41.0 Å². The van der Waals surface area contributed by atoms with Crippen LogP contribution in [-0.2, 0) is 13.3 Å². The monoisotopic (exact) mass is 307 g/mol. The average Bonchev–Trinajstić information content (AvgIpc) is 2.34. The van der Waals surface area contributed by atoms with Gasteiger partial charge in [-0.1, -0.05) is 0 Å². The average molecular weight is 307 g/mol. The Balaban J connectivity index is 4.54. The first kappa shape index (κ1) is 19.4. The van der Waals surface area contributed by atoms with Crippen molar-refractivity contribution in [2.45, 2.75) is 53.1 Å². The summed E-state index contributed by atoms with van der Waals surface area (Å²) in [5.74, 6) is 0. The number of hydrogen-bond acceptors (Lipinski definition) is 4. The number of nitrogens with zero attached hydrogens (tertiary/aromatic N) is 1. The molecule has 0 aromatic rings. The summed E-state index contributed by atoms with van der Waals surface area (Å²) >= 11 is 0. The summed E-state index contributed by atoms with van der Waals surface area (Å²) in [6, 6.07) is 0.605. The number of rotatable bonds is 11. The Morgan fingerprint density at radius 3 is 1.85 bits per heavy atom. The Hall–Kier alpha value is -0.633. The number of amides is 1. The molecule has 1 N–H and O–H groups in total. The Labute approximate surface area is 123 Å². The minimum Gasteiger partial charge on any atom is -0.465 e. The van der Waals surface area contributed by atoms with Crippen LogP contribution < -0.4 is 0 Å². The molecule has 0 radical (unpaired) electrons. The van der Waals surface area contributed by atoms with E-state index < -0.39 is 14.9 Å². The van der Waals surface area contributed by atoms with Gasteiger partial charge < -0.3 is 23.3 Å². The Bertz CT molecular complexity index is 258. The third-order valence-corrected chi connectivity index (χ3v) is 6.00. The lowest BCUT2D eigenvalue weighted by Gasteiger charge is -2.30. The molecule has 0 saturated heterocycles. The van der Waals surface area contributed by atoms with Gasteiger partial charge in [-0.2, -0.15) is 0 Å². The summed E-state index contributed by atoms with van der Waals surface area (Å²) in [5.41, 5.74) is 0. The van der Waals surface area contributed by atoms with Crippen LogP contribution in [0.15, 0.2) is 0 Å². The first-order valence-electron chi connectivity index (χ1n) is 7.33. The lowest BCUT2D eigenvalue weighted by atomic mass is 10.3. The summed E-state index contributed by atoms with van der Waals surface area (Å²) in [6.07, 6.45) is -0.215. The number of carboxylic acid groups (broad SMARTS) is 1. The lowest BCUT2D eigenvalue weighted by molar-refractivity contribution is 0.0690. The van der Waals surface area contributed by atoms with E-state index in [4.69, 9.17) is 18.4 Å². The smallest absolute Gasteiger partial charge is 0.465 e. The molecule has 1 amide bonds. The molecule has 0 fully saturated rings. The molecular formula is C13H29NO5Si. The largest absolute Gasteiger partial charge is 0.500 e. The van der Waals surface area contributed by atoms with E-state index >= 15 is 0 Å². The second kappa shape index (κ2) is 10.1. The van der Waals surface area contributed by atoms with Crippen LogP contribution in [0.5, 0.6) is 0 Å². The molecule has 0 heterocycles. The van der Waals surface area contributed by atoms with E-state index in [1.807, 2.05) is 34.6 Å². The van der Waals surface area contributed by atoms with E-state index in [2.05, 4.69) is 0 Å². The van der Waals surface area contributed by atoms with Crippen LogP contribution in [0.4, 0.5) is 4.79 Å². The molecule has 0 saturated carbocycles. The molecule has 0 rings (SSSR count). The van der Waals surface area contributed by atoms with Crippen LogP contribution in [0.2, 0.25) is 6.04 Å². The zero-order valence-corrected chi connectivity index (χ0v) is 14.3. The van der Waals surface area contributed by atoms with E-state index in [0.29, 0.717) is 38.8 Å². The molecule has 20 heavy (non-hydrogen) atoms. The molecule has 0 aliphatic carbocycles. The quantitative estimate of drug-likeness (QED) is 0.594. The van der Waals surface area contributed by atoms with Gasteiger partial charge in [0.15, 0.2) is 0 Å². The van der Waals surface area contributed by atoms with E-state index in [1.54, 1.807) is 0 Å². The van der Waals surface area contributed by atoms with Crippen molar-refractivity contribution in [1.82, 2.24) is 4.90 Å². The molecule has 0 atom stereocenters. The highest BCUT2D eigenvalue weighted by Gasteiger charge is 2.39. The summed E-state index contributed by atoms with van der Waals surface area (Å²) in [7, 11) is -2.65. The van der Waals surface area contributed by atoms with E-state index in [0.717, 1.165) is 0 Å². The van der Waals surface area contributed by atoms with Crippen molar-refractivity contribution in [2.24, 2.45) is 0 Å². The fraction of sp³-hybridized carbons (Fsp3) is 0.923. The van der Waals surface area contributed by atoms with Crippen molar-refractivity contribution in [3.63, 3.8) is 0 Å². The maximum absolute atomic E-state index is 11.1. The van der Waals surface area contributed by atoms with Gasteiger partial charge in [0, 0.05) is 38.5 Å². The van der Waals surface area contributed by atoms with E-state index in [9.17, 15) is 4.79 Å². The standard InChI is InChI=1S/C13H29NO5Si/c1-6-17-20(18-7-2,19-8-3)11-9-10-14(12(4)5)13(15)16/h12H,6-11H2,1-5H3,(H,15,16). The first-order valence-corrected chi connectivity index (χ1v) is 9.27. The van der Waals surface area contributed by atoms with Crippen LogP contribution in [-0.4, -0.2) is 57.3 Å². The predicted octanol–water partition coefficient (Wildman–Crippen LogP) is 2.81. The normalized spacial score (nSPS) is 11.9. The molecule has 0 unspecified atom stereocenters. The van der Waals surface area contributed by atoms with Gasteiger partial charge in [0.2, 0.25) is 0 Å². The van der Waals surface area contributed by atoms with Gasteiger partial charge in [0.25, 0.3) is 0 Å². The molecule has 120 valence electrons. The molecule has 0 aromatic carbocycles. The second-order valence-corrected chi connectivity index (χ2v) is 7.39. The van der Waals surface area contributed by atoms with Gasteiger partial charge in [-0.25, -0.2) is 4.79 Å². The maximum Gasteiger partial charge on any atom is 0.500 e. The number of carbonyl (C=O) groups is 1. The number of hydrogen-bond donors (Lipinski definition) is 1. The highest BCUT2D eigenvalue weighted by atomic mass is 28.4. The molecular weight excluding hydrogens is 278 g/mol. The van der Waals surface area contributed by atoms with Crippen molar-refractivity contribution in [3.05, 3.63) is 0 Å². The molecule has 0 aliphatic heterocycles. The summed E-state index contributed by atoms with van der Waals surface area (Å²) in [4.78, 5) is 12.5. The van der Waals surface area contributed by atoms with Crippen molar-refractivity contribution < 1.29 is 23.2 Å². The molecule has 6 nitrogen and oxygen atoms in total. The topological polar surface area (TPSA) is 68.2 Å². The molecule has 0 aromatic heterocycles. The van der Waals surface area contributed by atoms with Gasteiger partial charge in [0.05, 0.1) is 0 Å². The van der Waals surface area contributed by atoms with Gasteiger partial charge in [-0.15, -0.1) is 0 Å². The van der Waals surface area contributed by atoms with Crippen LogP contribution in [0.25, 0.3) is 0 Å². The van der Waals surface area contributed by atoms with Gasteiger partial charge in [-0.3, -0.25) is 0 Å². The lowest BCUT2D eigenvalue weighted by Crippen LogP contribution is -2.47. The van der Waals surface area contributed by atoms with Gasteiger partial charge >= 0.3 is 14.9 Å². The highest BCUT2D eigenvalue weighted by Crippen LogP contribution is 2.19. The van der Waals surface area contributed by atoms with E-state index in [1.165, 1.54) is 4.90 Å². The second-order valence-electron chi connectivity index (χ2n) is 4.66. The Kier molecular flexibility index (Phi) is 9.82.